The molecule has 2 aromatic carbocycles. The van der Waals surface area contributed by atoms with E-state index in [1.807, 2.05) is 0 Å². The Morgan fingerprint density at radius 1 is 1.07 bits per heavy atom. The third-order valence-corrected chi connectivity index (χ3v) is 11.2. The van der Waals surface area contributed by atoms with Gasteiger partial charge in [0.05, 0.1) is 27.9 Å². The van der Waals surface area contributed by atoms with Crippen LogP contribution in [0.15, 0.2) is 35.2 Å². The molecule has 2 unspecified atom stereocenters. The van der Waals surface area contributed by atoms with Crippen molar-refractivity contribution < 1.29 is 45.8 Å². The highest BCUT2D eigenvalue weighted by atomic mass is 35.5. The Balaban J connectivity index is 1.49. The molecule has 3 amide bonds. The summed E-state index contributed by atoms with van der Waals surface area (Å²) in [5.41, 5.74) is -1.92. The summed E-state index contributed by atoms with van der Waals surface area (Å²) in [6, 6.07) is 3.78. The standard InChI is InChI=1S/C29H33ClF3N3O7S/c1-14(2)25(36-28(39)43-3)27(38)34-13-29(40)16-5-6-17(29)10-19(9-16)44(41,42)23-8-15(4-7-20(23)30)26(37)35-18-11-21(31)24(33)22(32)12-18/h4,7-8,11-12,14,16-17,19,25,40H,5-6,9-10,13H2,1-3H3,(H,34,38)(H,35,37)(H,36,39)/t16?,17?,19?,25-,29?/m0/s1. The second-order valence-electron chi connectivity index (χ2n) is 11.5. The number of carbonyl (C=O) groups excluding carboxylic acids is 3. The molecular weight excluding hydrogens is 627 g/mol. The highest BCUT2D eigenvalue weighted by Gasteiger charge is 2.56. The first-order chi connectivity index (χ1) is 20.6. The predicted molar refractivity (Wildman–Crippen MR) is 154 cm³/mol. The third-order valence-electron chi connectivity index (χ3n) is 8.51. The van der Waals surface area contributed by atoms with Crippen LogP contribution in [-0.4, -0.2) is 62.0 Å². The zero-order valence-electron chi connectivity index (χ0n) is 24.1. The number of sulfone groups is 1. The van der Waals surface area contributed by atoms with Crippen LogP contribution in [0.3, 0.4) is 0 Å². The number of alkyl carbamates (subject to hydrolysis) is 1. The number of benzene rings is 2. The zero-order chi connectivity index (χ0) is 32.6. The molecule has 4 N–H and O–H groups in total. The average Bonchev–Trinajstić information content (AvgIpc) is 3.11. The Hall–Kier alpha value is -3.36. The molecule has 2 fully saturated rings. The zero-order valence-corrected chi connectivity index (χ0v) is 25.7. The Morgan fingerprint density at radius 3 is 2.20 bits per heavy atom. The smallest absolute Gasteiger partial charge is 0.407 e. The maximum absolute atomic E-state index is 13.8. The number of carbonyl (C=O) groups is 3. The van der Waals surface area contributed by atoms with E-state index in [4.69, 9.17) is 11.6 Å². The maximum Gasteiger partial charge on any atom is 0.407 e. The van der Waals surface area contributed by atoms with Gasteiger partial charge in [-0.15, -0.1) is 0 Å². The molecule has 10 nitrogen and oxygen atoms in total. The molecule has 0 radical (unpaired) electrons. The van der Waals surface area contributed by atoms with Crippen molar-refractivity contribution in [3.05, 3.63) is 58.4 Å². The molecule has 15 heteroatoms. The van der Waals surface area contributed by atoms with Gasteiger partial charge in [-0.25, -0.2) is 26.4 Å². The van der Waals surface area contributed by atoms with Gasteiger partial charge in [0.15, 0.2) is 27.3 Å². The van der Waals surface area contributed by atoms with Crippen LogP contribution in [0.5, 0.6) is 0 Å². The van der Waals surface area contributed by atoms with E-state index in [1.165, 1.54) is 19.2 Å². The largest absolute Gasteiger partial charge is 0.453 e. The summed E-state index contributed by atoms with van der Waals surface area (Å²) in [5, 5.41) is 17.9. The molecule has 2 aromatic rings. The average molecular weight is 660 g/mol. The van der Waals surface area contributed by atoms with Crippen molar-refractivity contribution in [1.82, 2.24) is 10.6 Å². The monoisotopic (exact) mass is 659 g/mol. The van der Waals surface area contributed by atoms with Crippen molar-refractivity contribution in [3.63, 3.8) is 0 Å². The molecule has 2 saturated carbocycles. The molecular formula is C29H33ClF3N3O7S. The van der Waals surface area contributed by atoms with Crippen LogP contribution in [0.25, 0.3) is 0 Å². The van der Waals surface area contributed by atoms with E-state index >= 15 is 0 Å². The highest BCUT2D eigenvalue weighted by Crippen LogP contribution is 2.52. The Kier molecular flexibility index (Phi) is 9.86. The summed E-state index contributed by atoms with van der Waals surface area (Å²) in [7, 11) is -2.96. The number of ether oxygens (including phenoxy) is 1. The SMILES string of the molecule is COC(=O)N[C@H](C(=O)NCC1(O)C2CCC1CC(S(=O)(=O)c1cc(C(=O)Nc3cc(F)c(F)c(F)c3)ccc1Cl)C2)C(C)C. The molecule has 3 atom stereocenters. The topological polar surface area (TPSA) is 151 Å². The minimum Gasteiger partial charge on any atom is -0.453 e. The van der Waals surface area contributed by atoms with E-state index in [0.717, 1.165) is 6.07 Å². The molecule has 4 rings (SSSR count). The third kappa shape index (κ3) is 6.66. The second-order valence-corrected chi connectivity index (χ2v) is 14.1. The Bertz CT molecular complexity index is 1540. The second kappa shape index (κ2) is 12.9. The van der Waals surface area contributed by atoms with Gasteiger partial charge in [-0.3, -0.25) is 9.59 Å². The Morgan fingerprint density at radius 2 is 1.66 bits per heavy atom. The van der Waals surface area contributed by atoms with E-state index in [9.17, 15) is 41.1 Å². The van der Waals surface area contributed by atoms with E-state index in [1.54, 1.807) is 13.8 Å². The van der Waals surface area contributed by atoms with Crippen molar-refractivity contribution in [1.29, 1.82) is 0 Å². The molecule has 0 saturated heterocycles. The first-order valence-electron chi connectivity index (χ1n) is 13.9. The lowest BCUT2D eigenvalue weighted by Crippen LogP contribution is -2.57. The number of amides is 3. The van der Waals surface area contributed by atoms with Crippen LogP contribution in [-0.2, 0) is 19.4 Å². The van der Waals surface area contributed by atoms with Gasteiger partial charge in [0.25, 0.3) is 5.91 Å². The summed E-state index contributed by atoms with van der Waals surface area (Å²) >= 11 is 6.27. The molecule has 2 aliphatic carbocycles. The van der Waals surface area contributed by atoms with E-state index < -0.39 is 73.9 Å². The van der Waals surface area contributed by atoms with Crippen LogP contribution in [0, 0.1) is 35.2 Å². The molecule has 0 spiro atoms. The van der Waals surface area contributed by atoms with Crippen molar-refractivity contribution in [2.24, 2.45) is 17.8 Å². The minimum absolute atomic E-state index is 0.0696. The van der Waals surface area contributed by atoms with Crippen LogP contribution >= 0.6 is 11.6 Å². The van der Waals surface area contributed by atoms with Gasteiger partial charge in [-0.05, 0) is 61.6 Å². The normalized spacial score (nSPS) is 23.6. The van der Waals surface area contributed by atoms with Gasteiger partial charge < -0.3 is 25.8 Å². The lowest BCUT2D eigenvalue weighted by atomic mass is 9.74. The molecule has 44 heavy (non-hydrogen) atoms. The van der Waals surface area contributed by atoms with Crippen LogP contribution in [0.4, 0.5) is 23.7 Å². The number of hydrogen-bond donors (Lipinski definition) is 4. The highest BCUT2D eigenvalue weighted by molar-refractivity contribution is 7.92. The number of halogens is 4. The van der Waals surface area contributed by atoms with Gasteiger partial charge in [-0.2, -0.15) is 0 Å². The summed E-state index contributed by atoms with van der Waals surface area (Å²) in [6.45, 7) is 3.34. The van der Waals surface area contributed by atoms with Crippen LogP contribution in [0.1, 0.15) is 49.9 Å². The molecule has 0 heterocycles. The van der Waals surface area contributed by atoms with Crippen molar-refractivity contribution >= 4 is 45.0 Å². The molecule has 0 aromatic heterocycles. The number of rotatable bonds is 9. The molecule has 2 bridgehead atoms. The van der Waals surface area contributed by atoms with Crippen LogP contribution < -0.4 is 16.0 Å². The van der Waals surface area contributed by atoms with Gasteiger partial charge in [0, 0.05) is 29.9 Å². The molecule has 0 aliphatic heterocycles. The summed E-state index contributed by atoms with van der Waals surface area (Å²) in [5.74, 6) is -7.36. The summed E-state index contributed by atoms with van der Waals surface area (Å²) in [4.78, 5) is 37.0. The number of fused-ring (bicyclic) bond motifs is 2. The number of anilines is 1. The van der Waals surface area contributed by atoms with Gasteiger partial charge >= 0.3 is 6.09 Å². The van der Waals surface area contributed by atoms with E-state index in [-0.39, 0.29) is 46.5 Å². The summed E-state index contributed by atoms with van der Waals surface area (Å²) < 4.78 is 72.6. The van der Waals surface area contributed by atoms with E-state index in [0.29, 0.717) is 25.0 Å². The Labute approximate surface area is 257 Å². The molecule has 2 aliphatic rings. The number of aliphatic hydroxyl groups is 1. The maximum atomic E-state index is 13.8. The van der Waals surface area contributed by atoms with Crippen molar-refractivity contribution in [3.8, 4) is 0 Å². The van der Waals surface area contributed by atoms with Crippen molar-refractivity contribution in [2.45, 2.75) is 61.3 Å². The fourth-order valence-corrected chi connectivity index (χ4v) is 8.49. The fourth-order valence-electron chi connectivity index (χ4n) is 6.09. The summed E-state index contributed by atoms with van der Waals surface area (Å²) in [6.07, 6.45) is 0.415. The minimum atomic E-state index is -4.13. The number of hydrogen-bond acceptors (Lipinski definition) is 7. The number of methoxy groups -OCH3 is 1. The quantitative estimate of drug-likeness (QED) is 0.295. The number of nitrogens with one attached hydrogen (secondary N) is 3. The lowest BCUT2D eigenvalue weighted by Gasteiger charge is -2.42. The van der Waals surface area contributed by atoms with Crippen LogP contribution in [0.2, 0.25) is 5.02 Å². The predicted octanol–water partition coefficient (Wildman–Crippen LogP) is 4.20. The van der Waals surface area contributed by atoms with Gasteiger partial charge in [-0.1, -0.05) is 25.4 Å². The van der Waals surface area contributed by atoms with Crippen molar-refractivity contribution in [2.75, 3.05) is 19.0 Å². The van der Waals surface area contributed by atoms with Gasteiger partial charge in [0.1, 0.15) is 6.04 Å². The first kappa shape index (κ1) is 33.5. The van der Waals surface area contributed by atoms with Gasteiger partial charge in [0.2, 0.25) is 5.91 Å². The lowest BCUT2D eigenvalue weighted by molar-refractivity contribution is -0.127. The molecule has 240 valence electrons. The fraction of sp³-hybridized carbons (Fsp3) is 0.483. The first-order valence-corrected chi connectivity index (χ1v) is 15.8. The van der Waals surface area contributed by atoms with E-state index in [2.05, 4.69) is 20.7 Å².